The van der Waals surface area contributed by atoms with E-state index in [0.29, 0.717) is 11.4 Å². The second-order valence-electron chi connectivity index (χ2n) is 4.07. The Morgan fingerprint density at radius 2 is 2.10 bits per heavy atom. The molecule has 0 saturated heterocycles. The predicted octanol–water partition coefficient (Wildman–Crippen LogP) is 3.31. The van der Waals surface area contributed by atoms with Gasteiger partial charge >= 0.3 is 0 Å². The summed E-state index contributed by atoms with van der Waals surface area (Å²) in [6.07, 6.45) is 1.55. The molecule has 0 saturated carbocycles. The molecule has 2 rings (SSSR count). The van der Waals surface area contributed by atoms with Gasteiger partial charge < -0.3 is 5.32 Å². The number of hydrogen-bond donors (Lipinski definition) is 1. The minimum Gasteiger partial charge on any atom is -0.307 e. The summed E-state index contributed by atoms with van der Waals surface area (Å²) in [5, 5.41) is 13.3. The average Bonchev–Trinajstić information content (AvgIpc) is 2.41. The number of nitrogens with one attached hydrogen (secondary N) is 1. The molecule has 20 heavy (non-hydrogen) atoms. The number of rotatable bonds is 3. The molecule has 1 aromatic carbocycles. The van der Waals surface area contributed by atoms with Gasteiger partial charge in [0.1, 0.15) is 5.82 Å². The number of aromatic nitrogens is 1. The average molecular weight is 336 g/mol. The number of hydrogen-bond acceptors (Lipinski definition) is 4. The van der Waals surface area contributed by atoms with Gasteiger partial charge in [-0.3, -0.25) is 14.9 Å². The number of carbonyl (C=O) groups excluding carboxylic acids is 1. The second kappa shape index (κ2) is 5.79. The number of halogens is 1. The summed E-state index contributed by atoms with van der Waals surface area (Å²) in [5.74, 6) is -0.0508. The number of nitro groups is 1. The summed E-state index contributed by atoms with van der Waals surface area (Å²) in [7, 11) is 0. The van der Waals surface area contributed by atoms with E-state index in [1.165, 1.54) is 12.1 Å². The lowest BCUT2D eigenvalue weighted by molar-refractivity contribution is -0.384. The zero-order valence-corrected chi connectivity index (χ0v) is 12.0. The van der Waals surface area contributed by atoms with Crippen LogP contribution in [0.25, 0.3) is 0 Å². The molecule has 0 aliphatic heterocycles. The van der Waals surface area contributed by atoms with Gasteiger partial charge in [0, 0.05) is 28.4 Å². The molecule has 102 valence electrons. The molecule has 0 unspecified atom stereocenters. The first kappa shape index (κ1) is 14.1. The highest BCUT2D eigenvalue weighted by atomic mass is 79.9. The molecule has 1 amide bonds. The van der Waals surface area contributed by atoms with Crippen molar-refractivity contribution in [2.24, 2.45) is 0 Å². The minimum absolute atomic E-state index is 0.121. The van der Waals surface area contributed by atoms with Crippen molar-refractivity contribution in [1.82, 2.24) is 4.98 Å². The van der Waals surface area contributed by atoms with Crippen molar-refractivity contribution in [3.8, 4) is 0 Å². The molecule has 0 spiro atoms. The van der Waals surface area contributed by atoms with Crippen LogP contribution in [0.15, 0.2) is 41.0 Å². The lowest BCUT2D eigenvalue weighted by Gasteiger charge is -2.07. The quantitative estimate of drug-likeness (QED) is 0.688. The van der Waals surface area contributed by atoms with Gasteiger partial charge in [0.25, 0.3) is 11.6 Å². The molecule has 7 heteroatoms. The van der Waals surface area contributed by atoms with E-state index in [9.17, 15) is 14.9 Å². The van der Waals surface area contributed by atoms with Crippen LogP contribution < -0.4 is 5.32 Å². The van der Waals surface area contributed by atoms with Crippen molar-refractivity contribution >= 4 is 33.3 Å². The van der Waals surface area contributed by atoms with Gasteiger partial charge in [0.15, 0.2) is 0 Å². The van der Waals surface area contributed by atoms with Crippen molar-refractivity contribution in [2.75, 3.05) is 5.32 Å². The first-order chi connectivity index (χ1) is 9.47. The van der Waals surface area contributed by atoms with E-state index in [1.807, 2.05) is 0 Å². The Morgan fingerprint density at radius 1 is 1.35 bits per heavy atom. The van der Waals surface area contributed by atoms with E-state index < -0.39 is 10.8 Å². The van der Waals surface area contributed by atoms with Crippen molar-refractivity contribution in [3.05, 3.63) is 62.2 Å². The molecule has 0 atom stereocenters. The van der Waals surface area contributed by atoms with E-state index in [1.54, 1.807) is 31.3 Å². The van der Waals surface area contributed by atoms with Crippen LogP contribution in [0.5, 0.6) is 0 Å². The topological polar surface area (TPSA) is 85.1 Å². The molecular formula is C13H10BrN3O3. The Balaban J connectivity index is 2.26. The van der Waals surface area contributed by atoms with Crippen LogP contribution in [0.4, 0.5) is 11.5 Å². The molecule has 0 radical (unpaired) electrons. The number of carbonyl (C=O) groups is 1. The number of benzene rings is 1. The highest BCUT2D eigenvalue weighted by Crippen LogP contribution is 2.19. The maximum absolute atomic E-state index is 12.1. The van der Waals surface area contributed by atoms with E-state index in [-0.39, 0.29) is 11.3 Å². The molecule has 1 N–H and O–H groups in total. The van der Waals surface area contributed by atoms with Crippen LogP contribution >= 0.6 is 15.9 Å². The van der Waals surface area contributed by atoms with Crippen molar-refractivity contribution in [3.63, 3.8) is 0 Å². The second-order valence-corrected chi connectivity index (χ2v) is 4.99. The number of amides is 1. The molecule has 0 aliphatic rings. The highest BCUT2D eigenvalue weighted by molar-refractivity contribution is 9.10. The van der Waals surface area contributed by atoms with Crippen LogP contribution in [0.2, 0.25) is 0 Å². The Labute approximate surface area is 123 Å². The highest BCUT2D eigenvalue weighted by Gasteiger charge is 2.15. The van der Waals surface area contributed by atoms with E-state index in [0.717, 1.165) is 4.47 Å². The summed E-state index contributed by atoms with van der Waals surface area (Å²) in [5.41, 5.74) is 0.790. The van der Waals surface area contributed by atoms with Gasteiger partial charge in [-0.1, -0.05) is 6.07 Å². The van der Waals surface area contributed by atoms with Crippen LogP contribution in [-0.4, -0.2) is 15.8 Å². The first-order valence-corrected chi connectivity index (χ1v) is 6.44. The molecule has 0 bridgehead atoms. The number of nitrogens with zero attached hydrogens (tertiary/aromatic N) is 2. The van der Waals surface area contributed by atoms with Crippen molar-refractivity contribution < 1.29 is 9.72 Å². The Kier molecular flexibility index (Phi) is 4.09. The van der Waals surface area contributed by atoms with Gasteiger partial charge in [-0.2, -0.15) is 0 Å². The fourth-order valence-corrected chi connectivity index (χ4v) is 1.84. The number of aryl methyl sites for hydroxylation is 1. The van der Waals surface area contributed by atoms with Gasteiger partial charge in [0.05, 0.1) is 4.92 Å². The molecule has 0 aliphatic carbocycles. The lowest BCUT2D eigenvalue weighted by atomic mass is 10.1. The largest absolute Gasteiger partial charge is 0.307 e. The third kappa shape index (κ3) is 3.18. The lowest BCUT2D eigenvalue weighted by Crippen LogP contribution is -2.14. The summed E-state index contributed by atoms with van der Waals surface area (Å²) < 4.78 is 0.794. The Morgan fingerprint density at radius 3 is 2.70 bits per heavy atom. The van der Waals surface area contributed by atoms with Crippen LogP contribution in [0, 0.1) is 17.0 Å². The minimum atomic E-state index is -0.534. The van der Waals surface area contributed by atoms with Gasteiger partial charge in [-0.05, 0) is 40.5 Å². The zero-order chi connectivity index (χ0) is 14.7. The number of non-ortho nitro benzene ring substituents is 1. The molecular weight excluding hydrogens is 326 g/mol. The first-order valence-electron chi connectivity index (χ1n) is 5.65. The fraction of sp³-hybridized carbons (Fsp3) is 0.0769. The number of pyridine rings is 1. The molecule has 1 aromatic heterocycles. The SMILES string of the molecule is Cc1ccc([N+](=O)[O-])cc1C(=O)Nc1ccc(Br)cn1. The summed E-state index contributed by atoms with van der Waals surface area (Å²) in [6.45, 7) is 1.72. The summed E-state index contributed by atoms with van der Waals surface area (Å²) in [6, 6.07) is 7.53. The third-order valence-corrected chi connectivity index (χ3v) is 3.11. The van der Waals surface area contributed by atoms with E-state index >= 15 is 0 Å². The van der Waals surface area contributed by atoms with E-state index in [2.05, 4.69) is 26.2 Å². The smallest absolute Gasteiger partial charge is 0.270 e. The maximum atomic E-state index is 12.1. The predicted molar refractivity (Wildman–Crippen MR) is 77.7 cm³/mol. The third-order valence-electron chi connectivity index (χ3n) is 2.65. The Hall–Kier alpha value is -2.28. The van der Waals surface area contributed by atoms with Gasteiger partial charge in [0.2, 0.25) is 0 Å². The van der Waals surface area contributed by atoms with Crippen LogP contribution in [0.3, 0.4) is 0 Å². The number of nitro benzene ring substituents is 1. The normalized spacial score (nSPS) is 10.1. The van der Waals surface area contributed by atoms with Crippen LogP contribution in [-0.2, 0) is 0 Å². The standard InChI is InChI=1S/C13H10BrN3O3/c1-8-2-4-10(17(19)20)6-11(8)13(18)16-12-5-3-9(14)7-15-12/h2-7H,1H3,(H,15,16,18). The molecule has 2 aromatic rings. The Bertz CT molecular complexity index is 671. The monoisotopic (exact) mass is 335 g/mol. The molecule has 1 heterocycles. The van der Waals surface area contributed by atoms with E-state index in [4.69, 9.17) is 0 Å². The summed E-state index contributed by atoms with van der Waals surface area (Å²) in [4.78, 5) is 26.3. The summed E-state index contributed by atoms with van der Waals surface area (Å²) >= 11 is 3.24. The van der Waals surface area contributed by atoms with Crippen LogP contribution in [0.1, 0.15) is 15.9 Å². The van der Waals surface area contributed by atoms with Crippen molar-refractivity contribution in [2.45, 2.75) is 6.92 Å². The maximum Gasteiger partial charge on any atom is 0.270 e. The zero-order valence-electron chi connectivity index (χ0n) is 10.5. The van der Waals surface area contributed by atoms with Gasteiger partial charge in [-0.15, -0.1) is 0 Å². The molecule has 6 nitrogen and oxygen atoms in total. The van der Waals surface area contributed by atoms with Crippen molar-refractivity contribution in [1.29, 1.82) is 0 Å². The molecule has 0 fully saturated rings. The fourth-order valence-electron chi connectivity index (χ4n) is 1.60. The van der Waals surface area contributed by atoms with Gasteiger partial charge in [-0.25, -0.2) is 4.98 Å². The number of anilines is 1.